The molecule has 0 spiro atoms. The number of ether oxygens (including phenoxy) is 1. The first-order chi connectivity index (χ1) is 7.51. The van der Waals surface area contributed by atoms with Gasteiger partial charge in [-0.3, -0.25) is 0 Å². The van der Waals surface area contributed by atoms with Crippen LogP contribution < -0.4 is 0 Å². The molecule has 0 radical (unpaired) electrons. The van der Waals surface area contributed by atoms with Gasteiger partial charge in [0.1, 0.15) is 6.61 Å². The first-order valence-electron chi connectivity index (χ1n) is 6.00. The van der Waals surface area contributed by atoms with Crippen LogP contribution in [-0.4, -0.2) is 24.3 Å². The second-order valence-corrected chi connectivity index (χ2v) is 5.52. The Hall–Kier alpha value is -0.830. The highest BCUT2D eigenvalue weighted by molar-refractivity contribution is 5.67. The van der Waals surface area contributed by atoms with Crippen molar-refractivity contribution in [3.8, 4) is 0 Å². The second kappa shape index (κ2) is 4.21. The minimum Gasteiger partial charge on any atom is -0.480 e. The van der Waals surface area contributed by atoms with Gasteiger partial charge >= 0.3 is 5.97 Å². The summed E-state index contributed by atoms with van der Waals surface area (Å²) in [5, 5.41) is 8.45. The van der Waals surface area contributed by atoms with E-state index in [2.05, 4.69) is 19.9 Å². The Balaban J connectivity index is 1.78. The van der Waals surface area contributed by atoms with Gasteiger partial charge in [-0.15, -0.1) is 0 Å². The Bertz CT molecular complexity index is 317. The topological polar surface area (TPSA) is 46.5 Å². The van der Waals surface area contributed by atoms with Crippen molar-refractivity contribution in [2.45, 2.75) is 33.1 Å². The van der Waals surface area contributed by atoms with Crippen molar-refractivity contribution >= 4 is 5.97 Å². The van der Waals surface area contributed by atoms with Crippen molar-refractivity contribution in [2.75, 3.05) is 13.2 Å². The summed E-state index contributed by atoms with van der Waals surface area (Å²) in [5.41, 5.74) is 1.94. The molecule has 3 heteroatoms. The van der Waals surface area contributed by atoms with E-state index in [-0.39, 0.29) is 6.61 Å². The Morgan fingerprint density at radius 2 is 2.38 bits per heavy atom. The van der Waals surface area contributed by atoms with Gasteiger partial charge < -0.3 is 9.84 Å². The predicted molar refractivity (Wildman–Crippen MR) is 61.1 cm³/mol. The summed E-state index contributed by atoms with van der Waals surface area (Å²) in [7, 11) is 0. The van der Waals surface area contributed by atoms with Gasteiger partial charge in [-0.2, -0.15) is 0 Å². The fraction of sp³-hybridized carbons (Fsp3) is 0.769. The van der Waals surface area contributed by atoms with Gasteiger partial charge in [0.15, 0.2) is 0 Å². The van der Waals surface area contributed by atoms with Crippen LogP contribution in [0.15, 0.2) is 11.6 Å². The molecule has 0 unspecified atom stereocenters. The van der Waals surface area contributed by atoms with E-state index < -0.39 is 5.97 Å². The third kappa shape index (κ3) is 2.01. The van der Waals surface area contributed by atoms with Gasteiger partial charge in [0.05, 0.1) is 6.61 Å². The van der Waals surface area contributed by atoms with Crippen molar-refractivity contribution in [2.24, 2.45) is 17.3 Å². The van der Waals surface area contributed by atoms with Crippen molar-refractivity contribution in [3.63, 3.8) is 0 Å². The molecular weight excluding hydrogens is 204 g/mol. The van der Waals surface area contributed by atoms with E-state index in [4.69, 9.17) is 9.84 Å². The molecule has 0 saturated heterocycles. The predicted octanol–water partition coefficient (Wildman–Crippen LogP) is 2.47. The third-order valence-corrected chi connectivity index (χ3v) is 4.34. The number of carboxylic acid groups (broad SMARTS) is 1. The number of rotatable bonds is 5. The monoisotopic (exact) mass is 224 g/mol. The highest BCUT2D eigenvalue weighted by Gasteiger charge is 2.50. The van der Waals surface area contributed by atoms with Crippen LogP contribution >= 0.6 is 0 Å². The van der Waals surface area contributed by atoms with Crippen LogP contribution in [0.4, 0.5) is 0 Å². The summed E-state index contributed by atoms with van der Waals surface area (Å²) in [6.07, 6.45) is 5.75. The van der Waals surface area contributed by atoms with E-state index in [9.17, 15) is 4.79 Å². The van der Waals surface area contributed by atoms with Crippen molar-refractivity contribution in [1.82, 2.24) is 0 Å². The summed E-state index contributed by atoms with van der Waals surface area (Å²) in [6, 6.07) is 0. The number of carboxylic acids is 1. The molecule has 3 rings (SSSR count). The molecule has 0 heterocycles. The van der Waals surface area contributed by atoms with Crippen LogP contribution in [0.25, 0.3) is 0 Å². The summed E-state index contributed by atoms with van der Waals surface area (Å²) >= 11 is 0. The maximum atomic E-state index is 10.3. The molecule has 16 heavy (non-hydrogen) atoms. The molecule has 0 aromatic carbocycles. The number of hydrogen-bond donors (Lipinski definition) is 1. The van der Waals surface area contributed by atoms with Gasteiger partial charge in [-0.25, -0.2) is 4.79 Å². The summed E-state index contributed by atoms with van der Waals surface area (Å²) < 4.78 is 5.09. The largest absolute Gasteiger partial charge is 0.480 e. The van der Waals surface area contributed by atoms with E-state index >= 15 is 0 Å². The molecule has 0 aliphatic heterocycles. The van der Waals surface area contributed by atoms with E-state index in [1.54, 1.807) is 0 Å². The average molecular weight is 224 g/mol. The molecule has 2 atom stereocenters. The molecule has 3 aliphatic carbocycles. The van der Waals surface area contributed by atoms with Gasteiger partial charge in [0, 0.05) is 0 Å². The lowest BCUT2D eigenvalue weighted by Gasteiger charge is -2.56. The Morgan fingerprint density at radius 3 is 2.94 bits per heavy atom. The van der Waals surface area contributed by atoms with E-state index in [0.29, 0.717) is 17.9 Å². The van der Waals surface area contributed by atoms with E-state index in [1.165, 1.54) is 18.4 Å². The zero-order chi connectivity index (χ0) is 11.8. The molecule has 0 aromatic rings. The van der Waals surface area contributed by atoms with Crippen LogP contribution in [0.3, 0.4) is 0 Å². The summed E-state index contributed by atoms with van der Waals surface area (Å²) in [6.45, 7) is 5.05. The quantitative estimate of drug-likeness (QED) is 0.576. The molecule has 1 N–H and O–H groups in total. The molecule has 90 valence electrons. The SMILES string of the molecule is CC1(C)[C@H]2CC=C(CCOCC(=O)O)[C@@H]1C2. The van der Waals surface area contributed by atoms with Crippen molar-refractivity contribution < 1.29 is 14.6 Å². The molecule has 3 aliphatic rings. The maximum absolute atomic E-state index is 10.3. The number of allylic oxidation sites excluding steroid dienone is 1. The van der Waals surface area contributed by atoms with Gasteiger partial charge in [0.2, 0.25) is 0 Å². The molecule has 2 bridgehead atoms. The van der Waals surface area contributed by atoms with E-state index in [1.807, 2.05) is 0 Å². The number of hydrogen-bond acceptors (Lipinski definition) is 2. The molecule has 1 fully saturated rings. The normalized spacial score (nSPS) is 30.5. The van der Waals surface area contributed by atoms with Crippen LogP contribution in [0, 0.1) is 17.3 Å². The van der Waals surface area contributed by atoms with Crippen LogP contribution in [0.5, 0.6) is 0 Å². The fourth-order valence-corrected chi connectivity index (χ4v) is 3.11. The first kappa shape index (κ1) is 11.6. The standard InChI is InChI=1S/C13H20O3/c1-13(2)10-4-3-9(11(13)7-10)5-6-16-8-12(14)15/h3,10-11H,4-8H2,1-2H3,(H,14,15)/t10-,11-/m0/s1. The van der Waals surface area contributed by atoms with Gasteiger partial charge in [-0.05, 0) is 36.5 Å². The Morgan fingerprint density at radius 1 is 1.62 bits per heavy atom. The van der Waals surface area contributed by atoms with Gasteiger partial charge in [-0.1, -0.05) is 25.5 Å². The second-order valence-electron chi connectivity index (χ2n) is 5.52. The molecular formula is C13H20O3. The lowest BCUT2D eigenvalue weighted by Crippen LogP contribution is -2.48. The number of carbonyl (C=O) groups is 1. The molecule has 1 saturated carbocycles. The number of fused-ring (bicyclic) bond motifs is 1. The van der Waals surface area contributed by atoms with E-state index in [0.717, 1.165) is 12.3 Å². The average Bonchev–Trinajstić information content (AvgIpc) is 2.24. The minimum absolute atomic E-state index is 0.177. The third-order valence-electron chi connectivity index (χ3n) is 4.34. The van der Waals surface area contributed by atoms with Gasteiger partial charge in [0.25, 0.3) is 0 Å². The Labute approximate surface area is 96.5 Å². The molecule has 0 amide bonds. The van der Waals surface area contributed by atoms with Crippen LogP contribution in [0.1, 0.15) is 33.1 Å². The van der Waals surface area contributed by atoms with Crippen molar-refractivity contribution in [1.29, 1.82) is 0 Å². The van der Waals surface area contributed by atoms with Crippen molar-refractivity contribution in [3.05, 3.63) is 11.6 Å². The minimum atomic E-state index is -0.887. The Kier molecular flexibility index (Phi) is 3.06. The van der Waals surface area contributed by atoms with Crippen LogP contribution in [0.2, 0.25) is 0 Å². The lowest BCUT2D eigenvalue weighted by atomic mass is 9.48. The summed E-state index contributed by atoms with van der Waals surface area (Å²) in [4.78, 5) is 10.3. The zero-order valence-electron chi connectivity index (χ0n) is 10.0. The molecule has 0 aromatic heterocycles. The maximum Gasteiger partial charge on any atom is 0.329 e. The number of aliphatic carboxylic acids is 1. The fourth-order valence-electron chi connectivity index (χ4n) is 3.11. The smallest absolute Gasteiger partial charge is 0.329 e. The molecule has 3 nitrogen and oxygen atoms in total. The first-order valence-corrected chi connectivity index (χ1v) is 6.00. The zero-order valence-corrected chi connectivity index (χ0v) is 10.0. The van der Waals surface area contributed by atoms with Crippen LogP contribution in [-0.2, 0) is 9.53 Å². The highest BCUT2D eigenvalue weighted by atomic mass is 16.5. The highest BCUT2D eigenvalue weighted by Crippen LogP contribution is 2.59. The summed E-state index contributed by atoms with van der Waals surface area (Å²) in [5.74, 6) is 0.683. The lowest BCUT2D eigenvalue weighted by molar-refractivity contribution is -0.142.